The normalized spacial score (nSPS) is 10.3. The Morgan fingerprint density at radius 2 is 1.95 bits per heavy atom. The van der Waals surface area contributed by atoms with E-state index in [-0.39, 0.29) is 5.02 Å². The molecule has 2 aromatic rings. The lowest BCUT2D eigenvalue weighted by molar-refractivity contribution is 0.627. The molecule has 2 aromatic carbocycles. The Morgan fingerprint density at radius 1 is 1.19 bits per heavy atom. The number of hydrogen-bond acceptors (Lipinski definition) is 1. The lowest BCUT2D eigenvalue weighted by Gasteiger charge is -2.13. The summed E-state index contributed by atoms with van der Waals surface area (Å²) in [6.07, 6.45) is 0. The van der Waals surface area contributed by atoms with Crippen molar-refractivity contribution in [1.82, 2.24) is 5.32 Å². The van der Waals surface area contributed by atoms with Gasteiger partial charge in [-0.3, -0.25) is 0 Å². The predicted octanol–water partition coefficient (Wildman–Crippen LogP) is 4.93. The van der Waals surface area contributed by atoms with Crippen molar-refractivity contribution in [1.29, 1.82) is 0 Å². The summed E-state index contributed by atoms with van der Waals surface area (Å²) in [5, 5.41) is 7.38. The van der Waals surface area contributed by atoms with Gasteiger partial charge in [0.05, 0.1) is 5.02 Å². The fourth-order valence-corrected chi connectivity index (χ4v) is 2.38. The fraction of sp³-hybridized carbons (Fsp3) is 0.133. The van der Waals surface area contributed by atoms with Crippen LogP contribution >= 0.6 is 35.4 Å². The summed E-state index contributed by atoms with van der Waals surface area (Å²) in [6, 6.07) is 10.1. The van der Waals surface area contributed by atoms with Crippen LogP contribution in [0.1, 0.15) is 11.1 Å². The predicted molar refractivity (Wildman–Crippen MR) is 90.7 cm³/mol. The third-order valence-electron chi connectivity index (χ3n) is 2.87. The number of benzene rings is 2. The molecule has 0 radical (unpaired) electrons. The van der Waals surface area contributed by atoms with Crippen LogP contribution in [0.15, 0.2) is 36.4 Å². The Morgan fingerprint density at radius 3 is 2.62 bits per heavy atom. The number of anilines is 1. The minimum atomic E-state index is -0.432. The smallest absolute Gasteiger partial charge is 0.171 e. The zero-order chi connectivity index (χ0) is 15.4. The van der Waals surface area contributed by atoms with Crippen LogP contribution in [0.4, 0.5) is 10.1 Å². The van der Waals surface area contributed by atoms with Gasteiger partial charge in [-0.2, -0.15) is 0 Å². The Bertz CT molecular complexity index is 677. The van der Waals surface area contributed by atoms with Crippen LogP contribution in [0.2, 0.25) is 10.0 Å². The summed E-state index contributed by atoms with van der Waals surface area (Å²) in [5.41, 5.74) is 2.73. The van der Waals surface area contributed by atoms with E-state index in [0.717, 1.165) is 16.8 Å². The minimum Gasteiger partial charge on any atom is -0.358 e. The van der Waals surface area contributed by atoms with Crippen LogP contribution in [0.3, 0.4) is 0 Å². The first-order valence-electron chi connectivity index (χ1n) is 6.20. The molecular formula is C15H13Cl2FN2S. The zero-order valence-electron chi connectivity index (χ0n) is 11.2. The highest BCUT2D eigenvalue weighted by molar-refractivity contribution is 7.80. The molecule has 0 fully saturated rings. The van der Waals surface area contributed by atoms with E-state index in [4.69, 9.17) is 35.4 Å². The van der Waals surface area contributed by atoms with Gasteiger partial charge in [-0.25, -0.2) is 4.39 Å². The van der Waals surface area contributed by atoms with Crippen molar-refractivity contribution in [3.8, 4) is 0 Å². The molecule has 2 N–H and O–H groups in total. The number of thiocarbonyl (C=S) groups is 1. The molecule has 6 heteroatoms. The van der Waals surface area contributed by atoms with Gasteiger partial charge >= 0.3 is 0 Å². The van der Waals surface area contributed by atoms with E-state index in [2.05, 4.69) is 10.6 Å². The Balaban J connectivity index is 1.94. The first kappa shape index (κ1) is 16.0. The van der Waals surface area contributed by atoms with E-state index in [0.29, 0.717) is 16.7 Å². The number of halogens is 3. The molecule has 2 nitrogen and oxygen atoms in total. The zero-order valence-corrected chi connectivity index (χ0v) is 13.5. The molecular weight excluding hydrogens is 330 g/mol. The van der Waals surface area contributed by atoms with E-state index in [1.807, 2.05) is 19.1 Å². The molecule has 0 aliphatic rings. The highest BCUT2D eigenvalue weighted by Gasteiger charge is 2.04. The molecule has 0 saturated heterocycles. The van der Waals surface area contributed by atoms with Crippen LogP contribution < -0.4 is 10.6 Å². The average Bonchev–Trinajstić information content (AvgIpc) is 2.43. The van der Waals surface area contributed by atoms with Gasteiger partial charge in [0.15, 0.2) is 5.11 Å². The van der Waals surface area contributed by atoms with E-state index in [1.54, 1.807) is 18.2 Å². The highest BCUT2D eigenvalue weighted by atomic mass is 35.5. The van der Waals surface area contributed by atoms with Gasteiger partial charge in [0.1, 0.15) is 5.82 Å². The second kappa shape index (κ2) is 7.07. The third-order valence-corrected chi connectivity index (χ3v) is 3.64. The van der Waals surface area contributed by atoms with Crippen molar-refractivity contribution in [2.24, 2.45) is 0 Å². The van der Waals surface area contributed by atoms with Gasteiger partial charge in [-0.05, 0) is 60.6 Å². The monoisotopic (exact) mass is 342 g/mol. The van der Waals surface area contributed by atoms with Gasteiger partial charge in [-0.15, -0.1) is 0 Å². The third kappa shape index (κ3) is 4.56. The average molecular weight is 343 g/mol. The van der Waals surface area contributed by atoms with Gasteiger partial charge in [0.2, 0.25) is 0 Å². The number of rotatable bonds is 3. The second-order valence-corrected chi connectivity index (χ2v) is 5.77. The van der Waals surface area contributed by atoms with Crippen molar-refractivity contribution in [2.45, 2.75) is 13.5 Å². The molecule has 0 aliphatic carbocycles. The van der Waals surface area contributed by atoms with Crippen LogP contribution in [0.25, 0.3) is 0 Å². The maximum atomic E-state index is 13.1. The minimum absolute atomic E-state index is 0.0988. The number of nitrogens with one attached hydrogen (secondary N) is 2. The lowest BCUT2D eigenvalue weighted by Crippen LogP contribution is -2.28. The van der Waals surface area contributed by atoms with Crippen molar-refractivity contribution in [3.63, 3.8) is 0 Å². The van der Waals surface area contributed by atoms with Crippen molar-refractivity contribution < 1.29 is 4.39 Å². The first-order valence-corrected chi connectivity index (χ1v) is 7.37. The maximum Gasteiger partial charge on any atom is 0.171 e. The Hall–Kier alpha value is -1.36. The summed E-state index contributed by atoms with van der Waals surface area (Å²) in [4.78, 5) is 0. The molecule has 0 aliphatic heterocycles. The summed E-state index contributed by atoms with van der Waals surface area (Å²) in [6.45, 7) is 2.40. The van der Waals surface area contributed by atoms with Gasteiger partial charge in [-0.1, -0.05) is 29.3 Å². The van der Waals surface area contributed by atoms with Crippen molar-refractivity contribution in [2.75, 3.05) is 5.32 Å². The summed E-state index contributed by atoms with van der Waals surface area (Å²) in [7, 11) is 0. The molecule has 0 unspecified atom stereocenters. The Labute approximate surface area is 138 Å². The van der Waals surface area contributed by atoms with E-state index >= 15 is 0 Å². The van der Waals surface area contributed by atoms with Crippen LogP contribution in [-0.2, 0) is 6.54 Å². The molecule has 0 saturated carbocycles. The number of aryl methyl sites for hydroxylation is 1. The second-order valence-electron chi connectivity index (χ2n) is 4.52. The van der Waals surface area contributed by atoms with Crippen LogP contribution in [-0.4, -0.2) is 5.11 Å². The lowest BCUT2D eigenvalue weighted by atomic mass is 10.2. The summed E-state index contributed by atoms with van der Waals surface area (Å²) < 4.78 is 13.1. The summed E-state index contributed by atoms with van der Waals surface area (Å²) in [5.74, 6) is -0.432. The molecule has 0 amide bonds. The van der Waals surface area contributed by atoms with E-state index in [9.17, 15) is 4.39 Å². The van der Waals surface area contributed by atoms with Crippen molar-refractivity contribution >= 4 is 46.2 Å². The van der Waals surface area contributed by atoms with Gasteiger partial charge in [0.25, 0.3) is 0 Å². The largest absolute Gasteiger partial charge is 0.358 e. The summed E-state index contributed by atoms with van der Waals surface area (Å²) >= 11 is 16.9. The maximum absolute atomic E-state index is 13.1. The van der Waals surface area contributed by atoms with E-state index < -0.39 is 5.82 Å². The molecule has 2 rings (SSSR count). The molecule has 0 aromatic heterocycles. The molecule has 0 atom stereocenters. The molecule has 0 spiro atoms. The number of hydrogen-bond donors (Lipinski definition) is 2. The quantitative estimate of drug-likeness (QED) is 0.773. The first-order chi connectivity index (χ1) is 9.95. The topological polar surface area (TPSA) is 24.1 Å². The van der Waals surface area contributed by atoms with Crippen molar-refractivity contribution in [3.05, 3.63) is 63.4 Å². The van der Waals surface area contributed by atoms with Gasteiger partial charge in [0, 0.05) is 17.3 Å². The highest BCUT2D eigenvalue weighted by Crippen LogP contribution is 2.19. The standard InChI is InChI=1S/C15H13Cl2FN2S/c1-9-6-11(16)3-5-14(9)20-15(21)19-8-10-2-4-13(18)12(17)7-10/h2-7H,8H2,1H3,(H2,19,20,21). The molecule has 21 heavy (non-hydrogen) atoms. The van der Waals surface area contributed by atoms with E-state index in [1.165, 1.54) is 6.07 Å². The molecule has 0 bridgehead atoms. The van der Waals surface area contributed by atoms with Crippen LogP contribution in [0.5, 0.6) is 0 Å². The SMILES string of the molecule is Cc1cc(Cl)ccc1NC(=S)NCc1ccc(F)c(Cl)c1. The Kier molecular flexibility index (Phi) is 5.39. The molecule has 110 valence electrons. The van der Waals surface area contributed by atoms with Crippen LogP contribution in [0, 0.1) is 12.7 Å². The molecule has 0 heterocycles. The van der Waals surface area contributed by atoms with Gasteiger partial charge < -0.3 is 10.6 Å². The fourth-order valence-electron chi connectivity index (χ4n) is 1.77.